The fourth-order valence-electron chi connectivity index (χ4n) is 1.46. The molecule has 0 aliphatic heterocycles. The number of nitrogens with zero attached hydrogens (tertiary/aromatic N) is 1. The molecule has 0 aromatic heterocycles. The third-order valence-electron chi connectivity index (χ3n) is 2.77. The van der Waals surface area contributed by atoms with Crippen LogP contribution in [0.5, 0.6) is 0 Å². The van der Waals surface area contributed by atoms with Gasteiger partial charge >= 0.3 is 6.16 Å². The van der Waals surface area contributed by atoms with Gasteiger partial charge in [-0.15, -0.1) is 0 Å². The molecule has 0 amide bonds. The van der Waals surface area contributed by atoms with Gasteiger partial charge in [0.05, 0.1) is 18.7 Å². The Hall–Kier alpha value is -2.02. The van der Waals surface area contributed by atoms with Crippen molar-refractivity contribution in [2.45, 2.75) is 25.9 Å². The Balaban J connectivity index is 2.99. The minimum absolute atomic E-state index is 0.574. The van der Waals surface area contributed by atoms with Crippen LogP contribution in [0.2, 0.25) is 0 Å². The normalized spacial score (nSPS) is 13.3. The van der Waals surface area contributed by atoms with Crippen molar-refractivity contribution in [3.05, 3.63) is 35.4 Å². The van der Waals surface area contributed by atoms with Crippen LogP contribution in [-0.4, -0.2) is 13.3 Å². The topological polar surface area (TPSA) is 59.3 Å². The summed E-state index contributed by atoms with van der Waals surface area (Å²) in [6.07, 6.45) is -0.0905. The van der Waals surface area contributed by atoms with Crippen LogP contribution in [-0.2, 0) is 15.1 Å². The van der Waals surface area contributed by atoms with E-state index in [1.54, 1.807) is 24.3 Å². The van der Waals surface area contributed by atoms with E-state index in [1.807, 2.05) is 19.9 Å². The quantitative estimate of drug-likeness (QED) is 0.753. The summed E-state index contributed by atoms with van der Waals surface area (Å²) in [5.74, 6) is 0. The molecule has 1 rings (SSSR count). The minimum Gasteiger partial charge on any atom is -0.438 e. The van der Waals surface area contributed by atoms with E-state index in [0.29, 0.717) is 12.0 Å². The Morgan fingerprint density at radius 2 is 2.00 bits per heavy atom. The summed E-state index contributed by atoms with van der Waals surface area (Å²) < 4.78 is 9.75. The number of nitriles is 1. The van der Waals surface area contributed by atoms with Crippen molar-refractivity contribution >= 4 is 6.16 Å². The third kappa shape index (κ3) is 2.97. The molecule has 4 heteroatoms. The van der Waals surface area contributed by atoms with Crippen LogP contribution < -0.4 is 0 Å². The number of carbonyl (C=O) groups is 1. The van der Waals surface area contributed by atoms with Crippen LogP contribution in [0.15, 0.2) is 24.3 Å². The number of hydrogen-bond acceptors (Lipinski definition) is 4. The molecule has 0 spiro atoms. The molecule has 1 aromatic rings. The van der Waals surface area contributed by atoms with Crippen molar-refractivity contribution in [1.29, 1.82) is 5.26 Å². The second-order valence-electron chi connectivity index (χ2n) is 3.83. The lowest BCUT2D eigenvalue weighted by Gasteiger charge is -2.28. The molecule has 90 valence electrons. The van der Waals surface area contributed by atoms with Gasteiger partial charge in [-0.1, -0.05) is 19.1 Å². The zero-order valence-corrected chi connectivity index (χ0v) is 10.2. The number of hydrogen-bond donors (Lipinski definition) is 0. The molecule has 1 unspecified atom stereocenters. The molecule has 17 heavy (non-hydrogen) atoms. The van der Waals surface area contributed by atoms with E-state index in [2.05, 4.69) is 4.74 Å². The van der Waals surface area contributed by atoms with Crippen molar-refractivity contribution in [2.24, 2.45) is 0 Å². The monoisotopic (exact) mass is 233 g/mol. The summed E-state index contributed by atoms with van der Waals surface area (Å²) in [6, 6.07) is 9.01. The zero-order valence-electron chi connectivity index (χ0n) is 10.2. The highest BCUT2D eigenvalue weighted by Gasteiger charge is 2.29. The largest absolute Gasteiger partial charge is 0.508 e. The molecule has 0 bridgehead atoms. The van der Waals surface area contributed by atoms with Crippen LogP contribution >= 0.6 is 0 Å². The van der Waals surface area contributed by atoms with Crippen molar-refractivity contribution in [3.8, 4) is 6.07 Å². The van der Waals surface area contributed by atoms with Gasteiger partial charge in [-0.3, -0.25) is 0 Å². The number of rotatable bonds is 3. The Kier molecular flexibility index (Phi) is 4.11. The summed E-state index contributed by atoms with van der Waals surface area (Å²) in [5.41, 5.74) is 0.677. The molecular weight excluding hydrogens is 218 g/mol. The Labute approximate surface area is 101 Å². The SMILES string of the molecule is CCC(C)(OC(=O)OC)c1ccc(C#N)cc1. The van der Waals surface area contributed by atoms with E-state index in [0.717, 1.165) is 5.56 Å². The standard InChI is InChI=1S/C13H15NO3/c1-4-13(2,17-12(15)16-3)11-7-5-10(9-14)6-8-11/h5-8H,4H2,1-3H3. The number of benzene rings is 1. The molecule has 0 radical (unpaired) electrons. The van der Waals surface area contributed by atoms with Gasteiger partial charge in [0.15, 0.2) is 0 Å². The first kappa shape index (κ1) is 13.0. The zero-order chi connectivity index (χ0) is 12.9. The highest BCUT2D eigenvalue weighted by Crippen LogP contribution is 2.29. The summed E-state index contributed by atoms with van der Waals surface area (Å²) in [7, 11) is 1.27. The van der Waals surface area contributed by atoms with Gasteiger partial charge in [0.2, 0.25) is 0 Å². The number of methoxy groups -OCH3 is 1. The lowest BCUT2D eigenvalue weighted by molar-refractivity contribution is -0.0227. The second-order valence-corrected chi connectivity index (χ2v) is 3.83. The molecule has 0 saturated carbocycles. The van der Waals surface area contributed by atoms with E-state index in [1.165, 1.54) is 7.11 Å². The van der Waals surface area contributed by atoms with Gasteiger partial charge in [-0.2, -0.15) is 5.26 Å². The van der Waals surface area contributed by atoms with Gasteiger partial charge in [0.25, 0.3) is 0 Å². The molecule has 0 heterocycles. The van der Waals surface area contributed by atoms with Gasteiger partial charge < -0.3 is 9.47 Å². The van der Waals surface area contributed by atoms with Crippen molar-refractivity contribution in [2.75, 3.05) is 7.11 Å². The van der Waals surface area contributed by atoms with Gasteiger partial charge in [-0.05, 0) is 31.0 Å². The fraction of sp³-hybridized carbons (Fsp3) is 0.385. The molecule has 1 atom stereocenters. The number of carbonyl (C=O) groups excluding carboxylic acids is 1. The molecule has 0 N–H and O–H groups in total. The molecule has 0 aliphatic carbocycles. The fourth-order valence-corrected chi connectivity index (χ4v) is 1.46. The predicted octanol–water partition coefficient (Wildman–Crippen LogP) is 2.97. The van der Waals surface area contributed by atoms with Crippen molar-refractivity contribution < 1.29 is 14.3 Å². The van der Waals surface area contributed by atoms with Crippen LogP contribution in [0.1, 0.15) is 31.4 Å². The van der Waals surface area contributed by atoms with E-state index in [9.17, 15) is 4.79 Å². The number of ether oxygens (including phenoxy) is 2. The van der Waals surface area contributed by atoms with E-state index >= 15 is 0 Å². The second kappa shape index (κ2) is 5.35. The van der Waals surface area contributed by atoms with Gasteiger partial charge in [0, 0.05) is 0 Å². The predicted molar refractivity (Wildman–Crippen MR) is 62.3 cm³/mol. The summed E-state index contributed by atoms with van der Waals surface area (Å²) in [4.78, 5) is 11.2. The molecular formula is C13H15NO3. The van der Waals surface area contributed by atoms with Crippen LogP contribution in [0.3, 0.4) is 0 Å². The maximum absolute atomic E-state index is 11.2. The first-order valence-corrected chi connectivity index (χ1v) is 5.33. The molecule has 4 nitrogen and oxygen atoms in total. The third-order valence-corrected chi connectivity index (χ3v) is 2.77. The maximum Gasteiger partial charge on any atom is 0.508 e. The van der Waals surface area contributed by atoms with E-state index in [4.69, 9.17) is 10.00 Å². The first-order chi connectivity index (χ1) is 8.05. The lowest BCUT2D eigenvalue weighted by atomic mass is 9.92. The van der Waals surface area contributed by atoms with Gasteiger partial charge in [0.1, 0.15) is 5.60 Å². The summed E-state index contributed by atoms with van der Waals surface area (Å²) in [6.45, 7) is 3.73. The highest BCUT2D eigenvalue weighted by molar-refractivity contribution is 5.60. The molecule has 1 aromatic carbocycles. The van der Waals surface area contributed by atoms with Crippen molar-refractivity contribution in [3.63, 3.8) is 0 Å². The molecule has 0 fully saturated rings. The van der Waals surface area contributed by atoms with Crippen LogP contribution in [0.25, 0.3) is 0 Å². The van der Waals surface area contributed by atoms with Crippen LogP contribution in [0.4, 0.5) is 4.79 Å². The summed E-state index contributed by atoms with van der Waals surface area (Å²) in [5, 5.41) is 8.72. The summed E-state index contributed by atoms with van der Waals surface area (Å²) >= 11 is 0. The minimum atomic E-state index is -0.735. The average Bonchev–Trinajstić information content (AvgIpc) is 2.38. The Bertz CT molecular complexity index is 433. The Morgan fingerprint density at radius 1 is 1.41 bits per heavy atom. The molecule has 0 aliphatic rings. The average molecular weight is 233 g/mol. The first-order valence-electron chi connectivity index (χ1n) is 5.33. The highest BCUT2D eigenvalue weighted by atomic mass is 16.7. The van der Waals surface area contributed by atoms with Gasteiger partial charge in [-0.25, -0.2) is 4.79 Å². The Morgan fingerprint density at radius 3 is 2.41 bits per heavy atom. The van der Waals surface area contributed by atoms with E-state index in [-0.39, 0.29) is 0 Å². The maximum atomic E-state index is 11.2. The van der Waals surface area contributed by atoms with Crippen molar-refractivity contribution in [1.82, 2.24) is 0 Å². The van der Waals surface area contributed by atoms with E-state index < -0.39 is 11.8 Å². The lowest BCUT2D eigenvalue weighted by Crippen LogP contribution is -2.28. The van der Waals surface area contributed by atoms with Crippen LogP contribution in [0, 0.1) is 11.3 Å². The smallest absolute Gasteiger partial charge is 0.438 e. The molecule has 0 saturated heterocycles.